The molecule has 33 heavy (non-hydrogen) atoms. The maximum absolute atomic E-state index is 13.1. The van der Waals surface area contributed by atoms with Gasteiger partial charge in [0.05, 0.1) is 19.0 Å². The van der Waals surface area contributed by atoms with Crippen LogP contribution in [0.4, 0.5) is 0 Å². The second kappa shape index (κ2) is 11.2. The summed E-state index contributed by atoms with van der Waals surface area (Å²) in [6.07, 6.45) is 10.8. The second-order valence-electron chi connectivity index (χ2n) is 7.97. The van der Waals surface area contributed by atoms with Crippen molar-refractivity contribution in [2.75, 3.05) is 19.8 Å². The predicted molar refractivity (Wildman–Crippen MR) is 126 cm³/mol. The molecule has 1 amide bonds. The van der Waals surface area contributed by atoms with Gasteiger partial charge in [-0.25, -0.2) is 0 Å². The first-order chi connectivity index (χ1) is 16.2. The molecule has 2 aromatic heterocycles. The van der Waals surface area contributed by atoms with Gasteiger partial charge in [0.1, 0.15) is 5.69 Å². The molecule has 4 rings (SSSR count). The third-order valence-electron chi connectivity index (χ3n) is 5.70. The molecule has 168 valence electrons. The van der Waals surface area contributed by atoms with Crippen molar-refractivity contribution >= 4 is 12.0 Å². The van der Waals surface area contributed by atoms with Gasteiger partial charge in [-0.1, -0.05) is 30.3 Å². The molecule has 1 aliphatic rings. The van der Waals surface area contributed by atoms with Crippen LogP contribution in [0.2, 0.25) is 0 Å². The lowest BCUT2D eigenvalue weighted by molar-refractivity contribution is -0.130. The number of carbonyl (C=O) groups excluding carboxylic acids is 1. The number of carbonyl (C=O) groups is 1. The first-order valence-electron chi connectivity index (χ1n) is 11.2. The summed E-state index contributed by atoms with van der Waals surface area (Å²) in [4.78, 5) is 19.1. The van der Waals surface area contributed by atoms with E-state index in [1.165, 1.54) is 0 Å². The van der Waals surface area contributed by atoms with E-state index >= 15 is 0 Å². The van der Waals surface area contributed by atoms with Gasteiger partial charge in [-0.2, -0.15) is 10.4 Å². The summed E-state index contributed by atoms with van der Waals surface area (Å²) < 4.78 is 7.32. The van der Waals surface area contributed by atoms with Crippen LogP contribution in [0.25, 0.3) is 17.3 Å². The molecule has 0 unspecified atom stereocenters. The fourth-order valence-corrected chi connectivity index (χ4v) is 4.03. The normalized spacial score (nSPS) is 14.3. The number of pyridine rings is 1. The molecule has 3 aromatic rings. The van der Waals surface area contributed by atoms with Crippen LogP contribution in [-0.4, -0.2) is 51.4 Å². The van der Waals surface area contributed by atoms with E-state index < -0.39 is 0 Å². The lowest BCUT2D eigenvalue weighted by atomic mass is 10.1. The Morgan fingerprint density at radius 2 is 2.03 bits per heavy atom. The molecule has 1 aromatic carbocycles. The average molecular weight is 442 g/mol. The minimum absolute atomic E-state index is 0.0925. The highest BCUT2D eigenvalue weighted by atomic mass is 16.5. The Balaban J connectivity index is 1.59. The van der Waals surface area contributed by atoms with Gasteiger partial charge in [0.2, 0.25) is 5.91 Å². The summed E-state index contributed by atoms with van der Waals surface area (Å²) in [7, 11) is 0. The molecule has 3 heterocycles. The second-order valence-corrected chi connectivity index (χ2v) is 7.97. The Morgan fingerprint density at radius 1 is 1.21 bits per heavy atom. The van der Waals surface area contributed by atoms with Crippen LogP contribution >= 0.6 is 0 Å². The SMILES string of the molecule is N#CCCN(C(=O)/C=C/c1cn(Cc2ccccc2)nc1-c1cccnc1)C1CCOCC1. The van der Waals surface area contributed by atoms with Crippen LogP contribution in [0, 0.1) is 11.3 Å². The Morgan fingerprint density at radius 3 is 2.76 bits per heavy atom. The number of nitrogens with zero attached hydrogens (tertiary/aromatic N) is 5. The van der Waals surface area contributed by atoms with Crippen molar-refractivity contribution in [1.29, 1.82) is 5.26 Å². The van der Waals surface area contributed by atoms with E-state index in [1.54, 1.807) is 23.4 Å². The largest absolute Gasteiger partial charge is 0.381 e. The summed E-state index contributed by atoms with van der Waals surface area (Å²) in [6.45, 7) is 2.34. The maximum atomic E-state index is 13.1. The molecule has 0 spiro atoms. The van der Waals surface area contributed by atoms with E-state index in [-0.39, 0.29) is 11.9 Å². The van der Waals surface area contributed by atoms with Gasteiger partial charge in [-0.05, 0) is 36.6 Å². The molecule has 1 saturated heterocycles. The maximum Gasteiger partial charge on any atom is 0.246 e. The van der Waals surface area contributed by atoms with Crippen LogP contribution in [0.1, 0.15) is 30.4 Å². The van der Waals surface area contributed by atoms with Gasteiger partial charge in [-0.3, -0.25) is 14.5 Å². The summed E-state index contributed by atoms with van der Waals surface area (Å²) >= 11 is 0. The number of benzene rings is 1. The predicted octanol–water partition coefficient (Wildman–Crippen LogP) is 3.93. The van der Waals surface area contributed by atoms with Crippen LogP contribution in [0.3, 0.4) is 0 Å². The van der Waals surface area contributed by atoms with Crippen molar-refractivity contribution in [1.82, 2.24) is 19.7 Å². The zero-order valence-electron chi connectivity index (χ0n) is 18.5. The molecule has 0 aliphatic carbocycles. The standard InChI is InChI=1S/C26H27N5O2/c27-13-5-15-31(24-11-16-33-17-12-24)25(32)10-9-23-20-30(19-21-6-2-1-3-7-21)29-26(23)22-8-4-14-28-18-22/h1-4,6-10,14,18,20,24H,5,11-12,15-17,19H2/b10-9+. The van der Waals surface area contributed by atoms with Gasteiger partial charge < -0.3 is 9.64 Å². The molecule has 7 heteroatoms. The van der Waals surface area contributed by atoms with Crippen LogP contribution in [0.15, 0.2) is 67.1 Å². The summed E-state index contributed by atoms with van der Waals surface area (Å²) in [5, 5.41) is 13.8. The van der Waals surface area contributed by atoms with Crippen molar-refractivity contribution in [2.24, 2.45) is 0 Å². The van der Waals surface area contributed by atoms with E-state index in [0.717, 1.165) is 35.2 Å². The Hall–Kier alpha value is -3.76. The minimum Gasteiger partial charge on any atom is -0.381 e. The first-order valence-corrected chi connectivity index (χ1v) is 11.2. The number of hydrogen-bond donors (Lipinski definition) is 0. The number of amides is 1. The van der Waals surface area contributed by atoms with Crippen LogP contribution in [0.5, 0.6) is 0 Å². The van der Waals surface area contributed by atoms with Crippen molar-refractivity contribution < 1.29 is 9.53 Å². The highest BCUT2D eigenvalue weighted by Gasteiger charge is 2.24. The van der Waals surface area contributed by atoms with Crippen molar-refractivity contribution in [3.05, 3.63) is 78.3 Å². The third kappa shape index (κ3) is 5.93. The molecule has 0 N–H and O–H groups in total. The molecule has 1 fully saturated rings. The topological polar surface area (TPSA) is 84.0 Å². The molecule has 0 saturated carbocycles. The van der Waals surface area contributed by atoms with Gasteiger partial charge in [0, 0.05) is 61.6 Å². The fourth-order valence-electron chi connectivity index (χ4n) is 4.03. The highest BCUT2D eigenvalue weighted by molar-refractivity contribution is 5.93. The van der Waals surface area contributed by atoms with Crippen LogP contribution < -0.4 is 0 Å². The number of aromatic nitrogens is 3. The van der Waals surface area contributed by atoms with Crippen molar-refractivity contribution in [2.45, 2.75) is 31.8 Å². The van der Waals surface area contributed by atoms with E-state index in [9.17, 15) is 4.79 Å². The van der Waals surface area contributed by atoms with E-state index in [4.69, 9.17) is 15.1 Å². The molecule has 0 radical (unpaired) electrons. The van der Waals surface area contributed by atoms with Gasteiger partial charge in [0.25, 0.3) is 0 Å². The third-order valence-corrected chi connectivity index (χ3v) is 5.70. The minimum atomic E-state index is -0.0925. The zero-order chi connectivity index (χ0) is 22.9. The average Bonchev–Trinajstić information content (AvgIpc) is 3.27. The van der Waals surface area contributed by atoms with Crippen molar-refractivity contribution in [3.8, 4) is 17.3 Å². The van der Waals surface area contributed by atoms with Gasteiger partial charge in [0.15, 0.2) is 0 Å². The smallest absolute Gasteiger partial charge is 0.246 e. The fraction of sp³-hybridized carbons (Fsp3) is 0.308. The molecule has 0 bridgehead atoms. The Kier molecular flexibility index (Phi) is 7.62. The molecular weight excluding hydrogens is 414 g/mol. The lowest BCUT2D eigenvalue weighted by Gasteiger charge is -2.33. The lowest BCUT2D eigenvalue weighted by Crippen LogP contribution is -2.43. The molecular formula is C26H27N5O2. The molecule has 7 nitrogen and oxygen atoms in total. The van der Waals surface area contributed by atoms with E-state index in [0.29, 0.717) is 32.7 Å². The summed E-state index contributed by atoms with van der Waals surface area (Å²) in [6, 6.07) is 16.2. The number of rotatable bonds is 8. The Labute approximate surface area is 193 Å². The van der Waals surface area contributed by atoms with Crippen LogP contribution in [-0.2, 0) is 16.1 Å². The summed E-state index contributed by atoms with van der Waals surface area (Å²) in [5.74, 6) is -0.0925. The van der Waals surface area contributed by atoms with E-state index in [1.807, 2.05) is 47.3 Å². The number of nitriles is 1. The quantitative estimate of drug-likeness (QED) is 0.495. The van der Waals surface area contributed by atoms with E-state index in [2.05, 4.69) is 23.2 Å². The number of hydrogen-bond acceptors (Lipinski definition) is 5. The molecule has 1 aliphatic heterocycles. The number of ether oxygens (including phenoxy) is 1. The monoisotopic (exact) mass is 441 g/mol. The van der Waals surface area contributed by atoms with Gasteiger partial charge in [-0.15, -0.1) is 0 Å². The summed E-state index contributed by atoms with van der Waals surface area (Å²) in [5.41, 5.74) is 3.66. The van der Waals surface area contributed by atoms with Gasteiger partial charge >= 0.3 is 0 Å². The van der Waals surface area contributed by atoms with Crippen molar-refractivity contribution in [3.63, 3.8) is 0 Å². The highest BCUT2D eigenvalue weighted by Crippen LogP contribution is 2.23. The zero-order valence-corrected chi connectivity index (χ0v) is 18.5. The Bertz CT molecular complexity index is 1110. The molecule has 0 atom stereocenters. The first kappa shape index (κ1) is 22.4.